The average Bonchev–Trinajstić information content (AvgIpc) is 2.93. The van der Waals surface area contributed by atoms with Crippen molar-refractivity contribution < 1.29 is 9.18 Å². The normalized spacial score (nSPS) is 22.9. The molecule has 1 atom stereocenters. The van der Waals surface area contributed by atoms with Gasteiger partial charge >= 0.3 is 0 Å². The summed E-state index contributed by atoms with van der Waals surface area (Å²) in [6.07, 6.45) is 0.558. The first-order chi connectivity index (χ1) is 9.62. The Morgan fingerprint density at radius 3 is 2.85 bits per heavy atom. The molecule has 0 aromatic heterocycles. The van der Waals surface area contributed by atoms with Crippen molar-refractivity contribution in [1.29, 1.82) is 0 Å². The smallest absolute Gasteiger partial charge is 0.257 e. The number of nitrogens with zero attached hydrogens (tertiary/aromatic N) is 1. The molecular weight excluding hydrogens is 255 g/mol. The maximum absolute atomic E-state index is 13.6. The number of hydrogen-bond donors (Lipinski definition) is 1. The maximum Gasteiger partial charge on any atom is 0.257 e. The highest BCUT2D eigenvalue weighted by Gasteiger charge is 2.53. The molecule has 100 valence electrons. The standard InChI is InChI=1S/C16H13FN2O/c1-19-14-7-6-11(17)8-12(14)16(15(19)20)9-10-4-2-3-5-13(10)18-16/h2-8,18H,9H2,1H3. The first kappa shape index (κ1) is 11.5. The van der Waals surface area contributed by atoms with Crippen molar-refractivity contribution in [3.8, 4) is 0 Å². The first-order valence-electron chi connectivity index (χ1n) is 6.56. The molecular formula is C16H13FN2O. The van der Waals surface area contributed by atoms with E-state index in [0.717, 1.165) is 22.5 Å². The van der Waals surface area contributed by atoms with Crippen LogP contribution in [-0.2, 0) is 16.8 Å². The topological polar surface area (TPSA) is 32.3 Å². The minimum absolute atomic E-state index is 0.0331. The van der Waals surface area contributed by atoms with Crippen LogP contribution in [0.5, 0.6) is 0 Å². The van der Waals surface area contributed by atoms with Crippen LogP contribution in [-0.4, -0.2) is 13.0 Å². The van der Waals surface area contributed by atoms with Crippen LogP contribution in [0.3, 0.4) is 0 Å². The largest absolute Gasteiger partial charge is 0.367 e. The summed E-state index contributed by atoms with van der Waals surface area (Å²) in [6.45, 7) is 0. The lowest BCUT2D eigenvalue weighted by atomic mass is 9.88. The zero-order valence-electron chi connectivity index (χ0n) is 11.0. The van der Waals surface area contributed by atoms with Gasteiger partial charge in [0.05, 0.1) is 0 Å². The van der Waals surface area contributed by atoms with E-state index >= 15 is 0 Å². The number of hydrogen-bond acceptors (Lipinski definition) is 2. The molecule has 2 aliphatic heterocycles. The van der Waals surface area contributed by atoms with Gasteiger partial charge in [-0.3, -0.25) is 4.79 Å². The summed E-state index contributed by atoms with van der Waals surface area (Å²) >= 11 is 0. The number of anilines is 2. The molecule has 2 aromatic rings. The van der Waals surface area contributed by atoms with Crippen LogP contribution in [0.2, 0.25) is 0 Å². The van der Waals surface area contributed by atoms with Crippen molar-refractivity contribution in [3.05, 3.63) is 59.4 Å². The van der Waals surface area contributed by atoms with Crippen LogP contribution >= 0.6 is 0 Å². The highest BCUT2D eigenvalue weighted by Crippen LogP contribution is 2.48. The number of likely N-dealkylation sites (N-methyl/N-ethyl adjacent to an activating group) is 1. The number of benzene rings is 2. The Balaban J connectivity index is 1.93. The van der Waals surface area contributed by atoms with E-state index in [-0.39, 0.29) is 11.7 Å². The molecule has 0 saturated heterocycles. The number of nitrogens with one attached hydrogen (secondary N) is 1. The Labute approximate surface area is 116 Å². The Morgan fingerprint density at radius 1 is 1.25 bits per heavy atom. The van der Waals surface area contributed by atoms with Gasteiger partial charge in [-0.2, -0.15) is 0 Å². The molecule has 1 N–H and O–H groups in total. The van der Waals surface area contributed by atoms with Gasteiger partial charge in [0.25, 0.3) is 5.91 Å². The van der Waals surface area contributed by atoms with Crippen molar-refractivity contribution in [1.82, 2.24) is 0 Å². The molecule has 0 radical (unpaired) electrons. The van der Waals surface area contributed by atoms with Gasteiger partial charge in [0.2, 0.25) is 0 Å². The van der Waals surface area contributed by atoms with Gasteiger partial charge < -0.3 is 10.2 Å². The second-order valence-electron chi connectivity index (χ2n) is 5.39. The van der Waals surface area contributed by atoms with E-state index < -0.39 is 5.54 Å². The molecule has 0 saturated carbocycles. The SMILES string of the molecule is CN1C(=O)C2(Cc3ccccc3N2)c2cc(F)ccc21. The highest BCUT2D eigenvalue weighted by atomic mass is 19.1. The van der Waals surface area contributed by atoms with Crippen LogP contribution in [0.1, 0.15) is 11.1 Å². The number of amides is 1. The van der Waals surface area contributed by atoms with Gasteiger partial charge in [-0.05, 0) is 29.8 Å². The summed E-state index contributed by atoms with van der Waals surface area (Å²) in [6, 6.07) is 12.4. The molecule has 0 bridgehead atoms. The summed E-state index contributed by atoms with van der Waals surface area (Å²) < 4.78 is 13.6. The number of para-hydroxylation sites is 1. The number of halogens is 1. The van der Waals surface area contributed by atoms with Gasteiger partial charge in [0, 0.05) is 30.4 Å². The van der Waals surface area contributed by atoms with Crippen LogP contribution in [0, 0.1) is 5.82 Å². The van der Waals surface area contributed by atoms with Gasteiger partial charge in [0.15, 0.2) is 0 Å². The first-order valence-corrected chi connectivity index (χ1v) is 6.56. The fourth-order valence-corrected chi connectivity index (χ4v) is 3.30. The van der Waals surface area contributed by atoms with E-state index in [1.807, 2.05) is 24.3 Å². The molecule has 2 aromatic carbocycles. The number of carbonyl (C=O) groups excluding carboxylic acids is 1. The molecule has 0 aliphatic carbocycles. The molecule has 3 nitrogen and oxygen atoms in total. The fraction of sp³-hybridized carbons (Fsp3) is 0.188. The second-order valence-corrected chi connectivity index (χ2v) is 5.39. The second kappa shape index (κ2) is 3.60. The van der Waals surface area contributed by atoms with E-state index in [2.05, 4.69) is 5.32 Å². The summed E-state index contributed by atoms with van der Waals surface area (Å²) in [7, 11) is 1.73. The van der Waals surface area contributed by atoms with Crippen LogP contribution in [0.4, 0.5) is 15.8 Å². The molecule has 2 heterocycles. The Morgan fingerprint density at radius 2 is 2.05 bits per heavy atom. The molecule has 2 aliphatic rings. The van der Waals surface area contributed by atoms with E-state index in [9.17, 15) is 9.18 Å². The molecule has 1 spiro atoms. The molecule has 20 heavy (non-hydrogen) atoms. The van der Waals surface area contributed by atoms with E-state index in [0.29, 0.717) is 6.42 Å². The summed E-state index contributed by atoms with van der Waals surface area (Å²) in [5, 5.41) is 3.32. The Kier molecular flexibility index (Phi) is 2.06. The average molecular weight is 268 g/mol. The quantitative estimate of drug-likeness (QED) is 0.796. The lowest BCUT2D eigenvalue weighted by molar-refractivity contribution is -0.121. The summed E-state index contributed by atoms with van der Waals surface area (Å²) in [5.74, 6) is -0.349. The molecule has 0 fully saturated rings. The number of carbonyl (C=O) groups is 1. The van der Waals surface area contributed by atoms with Crippen LogP contribution < -0.4 is 10.2 Å². The van der Waals surface area contributed by atoms with Crippen molar-refractivity contribution in [3.63, 3.8) is 0 Å². The Hall–Kier alpha value is -2.36. The van der Waals surface area contributed by atoms with Gasteiger partial charge in [0.1, 0.15) is 11.4 Å². The zero-order chi connectivity index (χ0) is 13.9. The summed E-state index contributed by atoms with van der Waals surface area (Å²) in [5.41, 5.74) is 2.69. The monoisotopic (exact) mass is 268 g/mol. The van der Waals surface area contributed by atoms with Gasteiger partial charge in [-0.1, -0.05) is 18.2 Å². The van der Waals surface area contributed by atoms with Crippen LogP contribution in [0.15, 0.2) is 42.5 Å². The third-order valence-electron chi connectivity index (χ3n) is 4.27. The van der Waals surface area contributed by atoms with E-state index in [4.69, 9.17) is 0 Å². The highest BCUT2D eigenvalue weighted by molar-refractivity contribution is 6.10. The zero-order valence-corrected chi connectivity index (χ0v) is 11.0. The molecule has 4 heteroatoms. The van der Waals surface area contributed by atoms with Crippen molar-refractivity contribution >= 4 is 17.3 Å². The predicted molar refractivity (Wildman–Crippen MR) is 75.3 cm³/mol. The molecule has 1 amide bonds. The summed E-state index contributed by atoms with van der Waals surface area (Å²) in [4.78, 5) is 14.3. The van der Waals surface area contributed by atoms with Gasteiger partial charge in [-0.25, -0.2) is 4.39 Å². The molecule has 4 rings (SSSR count). The predicted octanol–water partition coefficient (Wildman–Crippen LogP) is 2.67. The van der Waals surface area contributed by atoms with Crippen molar-refractivity contribution in [2.24, 2.45) is 0 Å². The third-order valence-corrected chi connectivity index (χ3v) is 4.27. The van der Waals surface area contributed by atoms with Crippen molar-refractivity contribution in [2.75, 3.05) is 17.3 Å². The lowest BCUT2D eigenvalue weighted by Gasteiger charge is -2.23. The Bertz CT molecular complexity index is 716. The van der Waals surface area contributed by atoms with Crippen molar-refractivity contribution in [2.45, 2.75) is 12.0 Å². The minimum Gasteiger partial charge on any atom is -0.367 e. The minimum atomic E-state index is -0.851. The fourth-order valence-electron chi connectivity index (χ4n) is 3.30. The van der Waals surface area contributed by atoms with E-state index in [1.54, 1.807) is 18.0 Å². The number of rotatable bonds is 0. The van der Waals surface area contributed by atoms with Crippen LogP contribution in [0.25, 0.3) is 0 Å². The molecule has 1 unspecified atom stereocenters. The number of fused-ring (bicyclic) bond motifs is 3. The third kappa shape index (κ3) is 1.26. The lowest BCUT2D eigenvalue weighted by Crippen LogP contribution is -2.43. The van der Waals surface area contributed by atoms with Gasteiger partial charge in [-0.15, -0.1) is 0 Å². The van der Waals surface area contributed by atoms with E-state index in [1.165, 1.54) is 12.1 Å². The maximum atomic E-state index is 13.6.